The van der Waals surface area contributed by atoms with E-state index in [0.29, 0.717) is 12.1 Å². The number of thioether (sulfide) groups is 1. The van der Waals surface area contributed by atoms with Crippen LogP contribution in [-0.4, -0.2) is 68.6 Å². The fraction of sp³-hybridized carbons (Fsp3) is 0.423. The maximum Gasteiger partial charge on any atom is 0.308 e. The summed E-state index contributed by atoms with van der Waals surface area (Å²) in [6.45, 7) is 5.80. The summed E-state index contributed by atoms with van der Waals surface area (Å²) in [6.07, 6.45) is 2.30. The van der Waals surface area contributed by atoms with E-state index in [0.717, 1.165) is 10.8 Å². The summed E-state index contributed by atoms with van der Waals surface area (Å²) < 4.78 is -0.826. The van der Waals surface area contributed by atoms with Gasteiger partial charge in [0.1, 0.15) is 6.04 Å². The predicted molar refractivity (Wildman–Crippen MR) is 132 cm³/mol. The Morgan fingerprint density at radius 2 is 2.00 bits per heavy atom. The number of aliphatic carboxylic acids is 1. The molecule has 2 N–H and O–H groups in total. The molecule has 2 aromatic carbocycles. The van der Waals surface area contributed by atoms with Gasteiger partial charge in [0.05, 0.1) is 23.2 Å². The van der Waals surface area contributed by atoms with Gasteiger partial charge < -0.3 is 20.0 Å². The number of likely N-dealkylation sites (tertiary alicyclic amines) is 1. The minimum atomic E-state index is -0.987. The van der Waals surface area contributed by atoms with Gasteiger partial charge in [-0.1, -0.05) is 43.3 Å². The molecule has 3 fully saturated rings. The van der Waals surface area contributed by atoms with Crippen LogP contribution in [-0.2, 0) is 14.4 Å². The Labute approximate surface area is 202 Å². The van der Waals surface area contributed by atoms with Gasteiger partial charge in [-0.2, -0.15) is 0 Å². The summed E-state index contributed by atoms with van der Waals surface area (Å²) >= 11 is 1.50. The molecule has 1 spiro atoms. The third-order valence-corrected chi connectivity index (χ3v) is 9.80. The molecular weight excluding hydrogens is 452 g/mol. The number of hydrogen-bond donors (Lipinski definition) is 2. The number of aliphatic hydroxyl groups excluding tert-OH is 1. The first-order valence-electron chi connectivity index (χ1n) is 11.6. The molecule has 3 aliphatic heterocycles. The van der Waals surface area contributed by atoms with Gasteiger partial charge in [0, 0.05) is 24.0 Å². The van der Waals surface area contributed by atoms with Crippen LogP contribution in [0.3, 0.4) is 0 Å². The average Bonchev–Trinajstić information content (AvgIpc) is 3.41. The van der Waals surface area contributed by atoms with Gasteiger partial charge in [0.2, 0.25) is 5.91 Å². The number of β-amino-alcohol motifs (C(OH)–C–C–N with tert-alkyl or cyclic N) is 1. The van der Waals surface area contributed by atoms with Crippen LogP contribution in [0.5, 0.6) is 0 Å². The van der Waals surface area contributed by atoms with Gasteiger partial charge >= 0.3 is 5.97 Å². The highest BCUT2D eigenvalue weighted by Crippen LogP contribution is 2.68. The number of amides is 2. The van der Waals surface area contributed by atoms with E-state index in [9.17, 15) is 24.6 Å². The number of carboxylic acids is 1. The standard InChI is InChI=1S/C26H28N2O5S/c1-3-10-27(18-9-8-16-6-4-5-7-17(16)14-18)24(31)22-26-15(2)13-19(34-26)20(25(32)33)21(26)23(30)28(22)11-12-29/h3-9,14-15,19-22,29H,1,10-13H2,2H3,(H,32,33)/t15?,19-,20+,21+,22?,26?/m1/s1. The first-order chi connectivity index (χ1) is 16.3. The lowest BCUT2D eigenvalue weighted by atomic mass is 9.66. The second-order valence-electron chi connectivity index (χ2n) is 9.42. The van der Waals surface area contributed by atoms with Crippen molar-refractivity contribution in [3.8, 4) is 0 Å². The SMILES string of the molecule is C=CCN(C(=O)C1N(CCO)C(=O)[C@@H]2[C@@H](C(=O)O)[C@H]3CC(C)C12S3)c1ccc2ccccc2c1. The van der Waals surface area contributed by atoms with Crippen molar-refractivity contribution in [1.29, 1.82) is 0 Å². The summed E-state index contributed by atoms with van der Waals surface area (Å²) in [7, 11) is 0. The third-order valence-electron chi connectivity index (χ3n) is 7.73. The van der Waals surface area contributed by atoms with Crippen molar-refractivity contribution in [3.63, 3.8) is 0 Å². The van der Waals surface area contributed by atoms with Crippen molar-refractivity contribution >= 4 is 46.0 Å². The lowest BCUT2D eigenvalue weighted by molar-refractivity contribution is -0.149. The van der Waals surface area contributed by atoms with Crippen molar-refractivity contribution in [2.24, 2.45) is 17.8 Å². The van der Waals surface area contributed by atoms with E-state index in [1.165, 1.54) is 16.7 Å². The molecule has 6 atom stereocenters. The molecule has 34 heavy (non-hydrogen) atoms. The van der Waals surface area contributed by atoms with Crippen molar-refractivity contribution in [1.82, 2.24) is 4.90 Å². The molecule has 2 aromatic rings. The highest BCUT2D eigenvalue weighted by molar-refractivity contribution is 8.02. The van der Waals surface area contributed by atoms with Gasteiger partial charge in [-0.3, -0.25) is 14.4 Å². The summed E-state index contributed by atoms with van der Waals surface area (Å²) in [5.41, 5.74) is 0.694. The van der Waals surface area contributed by atoms with E-state index in [2.05, 4.69) is 6.58 Å². The van der Waals surface area contributed by atoms with Crippen LogP contribution in [0.4, 0.5) is 5.69 Å². The molecule has 0 aliphatic carbocycles. The molecule has 0 saturated carbocycles. The zero-order valence-electron chi connectivity index (χ0n) is 19.0. The third kappa shape index (κ3) is 3.11. The highest BCUT2D eigenvalue weighted by atomic mass is 32.2. The topological polar surface area (TPSA) is 98.2 Å². The molecule has 5 rings (SSSR count). The molecule has 3 aliphatic rings. The molecule has 0 aromatic heterocycles. The monoisotopic (exact) mass is 480 g/mol. The van der Waals surface area contributed by atoms with Crippen LogP contribution in [0.25, 0.3) is 10.8 Å². The van der Waals surface area contributed by atoms with Crippen molar-refractivity contribution in [3.05, 3.63) is 55.1 Å². The molecule has 2 amide bonds. The lowest BCUT2D eigenvalue weighted by Crippen LogP contribution is -2.57. The smallest absolute Gasteiger partial charge is 0.308 e. The van der Waals surface area contributed by atoms with E-state index >= 15 is 0 Å². The maximum absolute atomic E-state index is 14.3. The molecule has 3 unspecified atom stereocenters. The molecule has 0 radical (unpaired) electrons. The van der Waals surface area contributed by atoms with Crippen LogP contribution in [0.2, 0.25) is 0 Å². The fourth-order valence-corrected chi connectivity index (χ4v) is 8.78. The molecule has 3 saturated heterocycles. The number of benzene rings is 2. The van der Waals surface area contributed by atoms with Crippen molar-refractivity contribution in [2.75, 3.05) is 24.6 Å². The number of fused-ring (bicyclic) bond motifs is 2. The number of carbonyl (C=O) groups is 3. The Balaban J connectivity index is 1.61. The van der Waals surface area contributed by atoms with E-state index in [-0.39, 0.29) is 42.7 Å². The van der Waals surface area contributed by atoms with Crippen LogP contribution in [0.1, 0.15) is 13.3 Å². The molecule has 3 heterocycles. The van der Waals surface area contributed by atoms with E-state index in [4.69, 9.17) is 0 Å². The van der Waals surface area contributed by atoms with Crippen LogP contribution < -0.4 is 4.90 Å². The maximum atomic E-state index is 14.3. The predicted octanol–water partition coefficient (Wildman–Crippen LogP) is 2.77. The van der Waals surface area contributed by atoms with Gasteiger partial charge in [0.25, 0.3) is 5.91 Å². The lowest BCUT2D eigenvalue weighted by Gasteiger charge is -2.40. The number of hydrogen-bond acceptors (Lipinski definition) is 5. The molecule has 178 valence electrons. The number of carbonyl (C=O) groups excluding carboxylic acids is 2. The number of anilines is 1. The van der Waals surface area contributed by atoms with Crippen LogP contribution in [0, 0.1) is 17.8 Å². The van der Waals surface area contributed by atoms with Crippen molar-refractivity contribution in [2.45, 2.75) is 29.4 Å². The number of rotatable bonds is 7. The van der Waals surface area contributed by atoms with Gasteiger partial charge in [-0.05, 0) is 35.2 Å². The minimum Gasteiger partial charge on any atom is -0.481 e. The quantitative estimate of drug-likeness (QED) is 0.592. The van der Waals surface area contributed by atoms with Crippen LogP contribution in [0.15, 0.2) is 55.1 Å². The largest absolute Gasteiger partial charge is 0.481 e. The molecule has 8 heteroatoms. The number of nitrogens with zero attached hydrogens (tertiary/aromatic N) is 2. The zero-order valence-corrected chi connectivity index (χ0v) is 19.8. The van der Waals surface area contributed by atoms with Gasteiger partial charge in [-0.15, -0.1) is 18.3 Å². The number of aliphatic hydroxyl groups is 1. The first-order valence-corrected chi connectivity index (χ1v) is 12.5. The van der Waals surface area contributed by atoms with Gasteiger partial charge in [0.15, 0.2) is 0 Å². The zero-order chi connectivity index (χ0) is 24.2. The van der Waals surface area contributed by atoms with Crippen molar-refractivity contribution < 1.29 is 24.6 Å². The second kappa shape index (κ2) is 8.43. The normalized spacial score (nSPS) is 31.6. The Bertz CT molecular complexity index is 1180. The van der Waals surface area contributed by atoms with E-state index in [1.807, 2.05) is 49.4 Å². The number of carboxylic acid groups (broad SMARTS) is 1. The summed E-state index contributed by atoms with van der Waals surface area (Å²) in [6, 6.07) is 12.8. The average molecular weight is 481 g/mol. The Kier molecular flexibility index (Phi) is 5.68. The Morgan fingerprint density at radius 3 is 2.68 bits per heavy atom. The Morgan fingerprint density at radius 1 is 1.26 bits per heavy atom. The summed E-state index contributed by atoms with van der Waals surface area (Å²) in [4.78, 5) is 43.1. The van der Waals surface area contributed by atoms with Crippen LogP contribution >= 0.6 is 11.8 Å². The summed E-state index contributed by atoms with van der Waals surface area (Å²) in [5, 5.41) is 21.5. The summed E-state index contributed by atoms with van der Waals surface area (Å²) in [5.74, 6) is -3.18. The van der Waals surface area contributed by atoms with Gasteiger partial charge in [-0.25, -0.2) is 0 Å². The molecule has 2 bridgehead atoms. The van der Waals surface area contributed by atoms with E-state index in [1.54, 1.807) is 11.0 Å². The molecule has 7 nitrogen and oxygen atoms in total. The highest BCUT2D eigenvalue weighted by Gasteiger charge is 2.76. The second-order valence-corrected chi connectivity index (χ2v) is 11.0. The Hall–Kier alpha value is -2.84. The fourth-order valence-electron chi connectivity index (χ4n) is 6.37. The minimum absolute atomic E-state index is 0.00255. The molecular formula is C26H28N2O5S. The first kappa shape index (κ1) is 22.9. The van der Waals surface area contributed by atoms with E-state index < -0.39 is 28.6 Å².